The van der Waals surface area contributed by atoms with Crippen molar-refractivity contribution in [3.63, 3.8) is 0 Å². The lowest BCUT2D eigenvalue weighted by atomic mass is 9.70. The van der Waals surface area contributed by atoms with Crippen LogP contribution in [0.4, 0.5) is 0 Å². The largest absolute Gasteiger partial charge is 0.455 e. The van der Waals surface area contributed by atoms with Crippen LogP contribution >= 0.6 is 0 Å². The van der Waals surface area contributed by atoms with Gasteiger partial charge in [-0.2, -0.15) is 0 Å². The quantitative estimate of drug-likeness (QED) is 0.147. The number of fused-ring (bicyclic) bond motifs is 2. The van der Waals surface area contributed by atoms with Gasteiger partial charge in [-0.1, -0.05) is 66.8 Å². The number of methoxy groups -OCH3 is 1. The van der Waals surface area contributed by atoms with Gasteiger partial charge in [-0.25, -0.2) is 4.68 Å². The Morgan fingerprint density at radius 2 is 1.91 bits per heavy atom. The first-order valence-corrected chi connectivity index (χ1v) is 18.2. The van der Waals surface area contributed by atoms with Crippen LogP contribution in [0.3, 0.4) is 0 Å². The molecule has 0 aliphatic carbocycles. The van der Waals surface area contributed by atoms with E-state index in [9.17, 15) is 24.3 Å². The number of rotatable bonds is 18. The van der Waals surface area contributed by atoms with Gasteiger partial charge in [0.05, 0.1) is 48.8 Å². The summed E-state index contributed by atoms with van der Waals surface area (Å²) in [7, 11) is 1.50. The summed E-state index contributed by atoms with van der Waals surface area (Å²) in [5.74, 6) is -3.86. The molecule has 3 aliphatic heterocycles. The van der Waals surface area contributed by atoms with Crippen LogP contribution < -0.4 is 5.32 Å². The van der Waals surface area contributed by atoms with Crippen LogP contribution in [0.5, 0.6) is 0 Å². The number of aliphatic hydroxyl groups excluding tert-OH is 1. The number of para-hydroxylation sites is 1. The van der Waals surface area contributed by atoms with E-state index in [2.05, 4.69) is 28.8 Å². The molecule has 0 radical (unpaired) electrons. The van der Waals surface area contributed by atoms with Crippen molar-refractivity contribution in [1.82, 2.24) is 30.1 Å². The van der Waals surface area contributed by atoms with E-state index < -0.39 is 65.6 Å². The van der Waals surface area contributed by atoms with Gasteiger partial charge in [-0.3, -0.25) is 19.2 Å². The molecule has 14 heteroatoms. The van der Waals surface area contributed by atoms with Crippen molar-refractivity contribution in [2.45, 2.75) is 81.6 Å². The number of nitrogens with one attached hydrogen (secondary N) is 1. The van der Waals surface area contributed by atoms with Gasteiger partial charge in [0.1, 0.15) is 29.9 Å². The first-order chi connectivity index (χ1) is 25.7. The number of allylic oxidation sites excluding steroid dienone is 1. The number of ether oxygens (including phenoxy) is 3. The van der Waals surface area contributed by atoms with Crippen molar-refractivity contribution in [3.05, 3.63) is 85.5 Å². The Balaban J connectivity index is 1.34. The molecular formula is C39H48N6O8. The minimum atomic E-state index is -1.35. The zero-order chi connectivity index (χ0) is 37.7. The van der Waals surface area contributed by atoms with Gasteiger partial charge < -0.3 is 34.4 Å². The summed E-state index contributed by atoms with van der Waals surface area (Å²) in [6.07, 6.45) is 3.41. The maximum absolute atomic E-state index is 14.9. The number of aliphatic hydroxyl groups is 1. The van der Waals surface area contributed by atoms with Crippen LogP contribution in [0.25, 0.3) is 11.0 Å². The maximum Gasteiger partial charge on any atom is 0.313 e. The van der Waals surface area contributed by atoms with E-state index in [-0.39, 0.29) is 38.8 Å². The molecule has 3 aliphatic rings. The van der Waals surface area contributed by atoms with E-state index in [0.717, 1.165) is 5.52 Å². The lowest BCUT2D eigenvalue weighted by Gasteiger charge is -2.39. The molecule has 2 bridgehead atoms. The second kappa shape index (κ2) is 16.4. The number of carbonyl (C=O) groups excluding carboxylic acids is 4. The van der Waals surface area contributed by atoms with E-state index in [1.165, 1.54) is 12.0 Å². The van der Waals surface area contributed by atoms with E-state index in [4.69, 9.17) is 14.2 Å². The monoisotopic (exact) mass is 728 g/mol. The average Bonchev–Trinajstić information content (AvgIpc) is 3.93. The third-order valence-corrected chi connectivity index (χ3v) is 10.7. The molecule has 4 heterocycles. The smallest absolute Gasteiger partial charge is 0.313 e. The molecule has 3 saturated heterocycles. The second-order valence-electron chi connectivity index (χ2n) is 13.8. The number of likely N-dealkylation sites (tertiary alicyclic amines) is 1. The third kappa shape index (κ3) is 7.10. The number of amides is 3. The Kier molecular flexibility index (Phi) is 11.7. The molecule has 6 rings (SSSR count). The standard InChI is InChI=1S/C39H48N6O8/c1-5-8-18-31(47)40-28(23-51-4)34(25-14-10-9-11-15-25)52-38(50)32-30-19-20-39(53-30)33(32)36(48)45(26(7-3)22-46)35(39)37(49)43(21-6-2)24-44-29-17-13-12-16-27(29)41-42-44/h5-6,9-17,26,28,30,32-35,46H,1-2,7-8,18-24H2,3-4H3,(H,40,47)/t26-,28-,30-,32+,33+,34-,35-,39+/m0/s1. The highest BCUT2D eigenvalue weighted by molar-refractivity contribution is 5.98. The Bertz CT molecular complexity index is 1810. The highest BCUT2D eigenvalue weighted by Gasteiger charge is 2.75. The molecule has 3 amide bonds. The molecule has 1 aromatic heterocycles. The molecule has 1 spiro atoms. The third-order valence-electron chi connectivity index (χ3n) is 10.7. The molecule has 2 aromatic carbocycles. The molecule has 53 heavy (non-hydrogen) atoms. The lowest BCUT2D eigenvalue weighted by Crippen LogP contribution is -2.58. The van der Waals surface area contributed by atoms with E-state index in [0.29, 0.717) is 36.8 Å². The summed E-state index contributed by atoms with van der Waals surface area (Å²) in [6.45, 7) is 9.21. The summed E-state index contributed by atoms with van der Waals surface area (Å²) >= 11 is 0. The van der Waals surface area contributed by atoms with Crippen molar-refractivity contribution < 1.29 is 38.5 Å². The zero-order valence-corrected chi connectivity index (χ0v) is 30.2. The van der Waals surface area contributed by atoms with Crippen molar-refractivity contribution in [3.8, 4) is 0 Å². The molecule has 2 N–H and O–H groups in total. The number of hydrogen-bond donors (Lipinski definition) is 2. The number of benzene rings is 2. The van der Waals surface area contributed by atoms with Crippen LogP contribution in [-0.2, 0) is 40.1 Å². The normalized spacial score (nSPS) is 24.7. The van der Waals surface area contributed by atoms with Crippen LogP contribution in [0.15, 0.2) is 79.9 Å². The summed E-state index contributed by atoms with van der Waals surface area (Å²) in [6, 6.07) is 13.8. The number of nitrogens with zero attached hydrogens (tertiary/aromatic N) is 5. The van der Waals surface area contributed by atoms with Gasteiger partial charge in [0.15, 0.2) is 0 Å². The van der Waals surface area contributed by atoms with Crippen LogP contribution in [0.1, 0.15) is 50.7 Å². The lowest BCUT2D eigenvalue weighted by molar-refractivity contribution is -0.163. The molecule has 8 atom stereocenters. The Morgan fingerprint density at radius 1 is 1.15 bits per heavy atom. The summed E-state index contributed by atoms with van der Waals surface area (Å²) in [5.41, 5.74) is 0.676. The number of hydrogen-bond acceptors (Lipinski definition) is 10. The first-order valence-electron chi connectivity index (χ1n) is 18.2. The van der Waals surface area contributed by atoms with Gasteiger partial charge in [-0.05, 0) is 43.4 Å². The van der Waals surface area contributed by atoms with Crippen molar-refractivity contribution in [2.75, 3.05) is 26.9 Å². The number of esters is 1. The topological polar surface area (TPSA) is 165 Å². The zero-order valence-electron chi connectivity index (χ0n) is 30.2. The summed E-state index contributed by atoms with van der Waals surface area (Å²) in [5, 5.41) is 22.0. The van der Waals surface area contributed by atoms with Crippen molar-refractivity contribution in [1.29, 1.82) is 0 Å². The van der Waals surface area contributed by atoms with Crippen molar-refractivity contribution >= 4 is 34.7 Å². The van der Waals surface area contributed by atoms with Gasteiger partial charge in [0, 0.05) is 20.1 Å². The Hall–Kier alpha value is -4.92. The Labute approximate surface area is 308 Å². The molecule has 0 unspecified atom stereocenters. The van der Waals surface area contributed by atoms with Gasteiger partial charge in [-0.15, -0.1) is 18.3 Å². The van der Waals surface area contributed by atoms with Gasteiger partial charge in [0.2, 0.25) is 17.7 Å². The average molecular weight is 729 g/mol. The molecular weight excluding hydrogens is 680 g/mol. The SMILES string of the molecule is C=CCCC(=O)N[C@@H](COC)[C@@H](OC(=O)[C@@H]1[C@@H]2CC[C@]3(O2)[C@H](C(=O)N(CC=C)Cn2nnc4ccccc42)N([C@@H](CC)CO)C(=O)[C@@H]13)c1ccccc1. The summed E-state index contributed by atoms with van der Waals surface area (Å²) < 4.78 is 20.1. The van der Waals surface area contributed by atoms with Gasteiger partial charge >= 0.3 is 5.97 Å². The number of carbonyl (C=O) groups is 4. The van der Waals surface area contributed by atoms with Gasteiger partial charge in [0.25, 0.3) is 0 Å². The van der Waals surface area contributed by atoms with Crippen LogP contribution in [0, 0.1) is 11.8 Å². The minimum absolute atomic E-state index is 0.0215. The molecule has 14 nitrogen and oxygen atoms in total. The van der Waals surface area contributed by atoms with E-state index in [1.807, 2.05) is 37.3 Å². The maximum atomic E-state index is 14.9. The van der Waals surface area contributed by atoms with Crippen LogP contribution in [-0.4, -0.2) is 110 Å². The molecule has 0 saturated carbocycles. The molecule has 282 valence electrons. The molecule has 3 aromatic rings. The second-order valence-corrected chi connectivity index (χ2v) is 13.8. The van der Waals surface area contributed by atoms with Crippen molar-refractivity contribution in [2.24, 2.45) is 11.8 Å². The fourth-order valence-corrected chi connectivity index (χ4v) is 8.30. The number of aromatic nitrogens is 3. The predicted molar refractivity (Wildman–Crippen MR) is 194 cm³/mol. The fraction of sp³-hybridized carbons (Fsp3) is 0.487. The van der Waals surface area contributed by atoms with Crippen LogP contribution in [0.2, 0.25) is 0 Å². The molecule has 3 fully saturated rings. The van der Waals surface area contributed by atoms with E-state index >= 15 is 0 Å². The van der Waals surface area contributed by atoms with E-state index in [1.54, 1.807) is 46.0 Å². The highest BCUT2D eigenvalue weighted by atomic mass is 16.6. The summed E-state index contributed by atoms with van der Waals surface area (Å²) in [4.78, 5) is 60.0. The fourth-order valence-electron chi connectivity index (χ4n) is 8.30. The predicted octanol–water partition coefficient (Wildman–Crippen LogP) is 2.93. The highest BCUT2D eigenvalue weighted by Crippen LogP contribution is 2.59. The first kappa shape index (κ1) is 37.8. The minimum Gasteiger partial charge on any atom is -0.455 e. The Morgan fingerprint density at radius 3 is 2.60 bits per heavy atom.